The molecule has 9 nitrogen and oxygen atoms in total. The van der Waals surface area contributed by atoms with Gasteiger partial charge < -0.3 is 20.8 Å². The zero-order chi connectivity index (χ0) is 19.4. The number of hydrogen-bond acceptors (Lipinski definition) is 7. The van der Waals surface area contributed by atoms with Crippen molar-refractivity contribution in [3.63, 3.8) is 0 Å². The maximum atomic E-state index is 12.5. The van der Waals surface area contributed by atoms with Crippen LogP contribution in [0.25, 0.3) is 0 Å². The van der Waals surface area contributed by atoms with Crippen LogP contribution >= 0.6 is 0 Å². The summed E-state index contributed by atoms with van der Waals surface area (Å²) in [5.74, 6) is 0.543. The molecule has 4 N–H and O–H groups in total. The number of carbonyl (C=O) groups excluding carboxylic acids is 2. The van der Waals surface area contributed by atoms with Gasteiger partial charge in [-0.05, 0) is 26.3 Å². The summed E-state index contributed by atoms with van der Waals surface area (Å²) in [7, 11) is 0. The minimum atomic E-state index is -0.353. The third-order valence-corrected chi connectivity index (χ3v) is 4.65. The molecule has 2 amide bonds. The standard InChI is InChI=1S/C18H24N6O3/c1-3-20-17(25)14-7-13(23-18(26)15-11(2)27-10-22-15)9-24(14)8-12-5-4-6-21-16(12)19/h4-6,10,13-14H,3,7-9H2,1-2H3,(H2,19,21)(H,20,25)(H,23,26)/t13-,14-/m0/s1. The molecule has 0 radical (unpaired) electrons. The van der Waals surface area contributed by atoms with Gasteiger partial charge in [-0.15, -0.1) is 0 Å². The van der Waals surface area contributed by atoms with Gasteiger partial charge in [0.05, 0.1) is 6.04 Å². The fourth-order valence-corrected chi connectivity index (χ4v) is 3.33. The lowest BCUT2D eigenvalue weighted by Crippen LogP contribution is -2.42. The molecule has 2 aromatic heterocycles. The number of carbonyl (C=O) groups is 2. The number of nitrogen functional groups attached to an aromatic ring is 1. The lowest BCUT2D eigenvalue weighted by molar-refractivity contribution is -0.125. The first-order chi connectivity index (χ1) is 13.0. The molecule has 3 heterocycles. The Kier molecular flexibility index (Phi) is 5.70. The lowest BCUT2D eigenvalue weighted by Gasteiger charge is -2.23. The van der Waals surface area contributed by atoms with Crippen molar-refractivity contribution in [3.05, 3.63) is 41.7 Å². The molecule has 0 aliphatic carbocycles. The van der Waals surface area contributed by atoms with Crippen molar-refractivity contribution in [2.24, 2.45) is 0 Å². The van der Waals surface area contributed by atoms with Crippen molar-refractivity contribution in [1.82, 2.24) is 25.5 Å². The second-order valence-electron chi connectivity index (χ2n) is 6.55. The molecular formula is C18H24N6O3. The van der Waals surface area contributed by atoms with Gasteiger partial charge in [-0.1, -0.05) is 6.07 Å². The van der Waals surface area contributed by atoms with Crippen LogP contribution in [0.4, 0.5) is 5.82 Å². The van der Waals surface area contributed by atoms with Gasteiger partial charge in [-0.2, -0.15) is 0 Å². The minimum Gasteiger partial charge on any atom is -0.448 e. The van der Waals surface area contributed by atoms with E-state index in [1.807, 2.05) is 24.0 Å². The fourth-order valence-electron chi connectivity index (χ4n) is 3.33. The molecule has 2 aromatic rings. The Hall–Kier alpha value is -2.94. The molecule has 1 aliphatic rings. The quantitative estimate of drug-likeness (QED) is 0.673. The van der Waals surface area contributed by atoms with Gasteiger partial charge in [-0.25, -0.2) is 9.97 Å². The molecule has 1 saturated heterocycles. The highest BCUT2D eigenvalue weighted by Gasteiger charge is 2.37. The number of likely N-dealkylation sites (tertiary alicyclic amines) is 1. The van der Waals surface area contributed by atoms with Crippen molar-refractivity contribution in [1.29, 1.82) is 0 Å². The highest BCUT2D eigenvalue weighted by Crippen LogP contribution is 2.23. The number of rotatable bonds is 6. The maximum absolute atomic E-state index is 12.5. The van der Waals surface area contributed by atoms with Crippen LogP contribution < -0.4 is 16.4 Å². The molecule has 2 atom stereocenters. The number of pyridine rings is 1. The minimum absolute atomic E-state index is 0.0608. The van der Waals surface area contributed by atoms with E-state index in [4.69, 9.17) is 10.2 Å². The monoisotopic (exact) mass is 372 g/mol. The summed E-state index contributed by atoms with van der Waals surface area (Å²) >= 11 is 0. The first-order valence-corrected chi connectivity index (χ1v) is 8.91. The number of amides is 2. The Bertz CT molecular complexity index is 821. The molecule has 0 aromatic carbocycles. The molecular weight excluding hydrogens is 348 g/mol. The fraction of sp³-hybridized carbons (Fsp3) is 0.444. The van der Waals surface area contributed by atoms with Crippen LogP contribution in [-0.4, -0.2) is 51.9 Å². The van der Waals surface area contributed by atoms with E-state index in [0.29, 0.717) is 37.6 Å². The summed E-state index contributed by atoms with van der Waals surface area (Å²) in [5, 5.41) is 5.81. The Balaban J connectivity index is 1.73. The Morgan fingerprint density at radius 1 is 1.41 bits per heavy atom. The van der Waals surface area contributed by atoms with E-state index >= 15 is 0 Å². The second-order valence-corrected chi connectivity index (χ2v) is 6.55. The van der Waals surface area contributed by atoms with E-state index in [2.05, 4.69) is 20.6 Å². The highest BCUT2D eigenvalue weighted by atomic mass is 16.3. The summed E-state index contributed by atoms with van der Waals surface area (Å²) in [4.78, 5) is 35.0. The summed E-state index contributed by atoms with van der Waals surface area (Å²) in [6.07, 6.45) is 3.38. The average Bonchev–Trinajstić information content (AvgIpc) is 3.23. The van der Waals surface area contributed by atoms with Crippen LogP contribution in [-0.2, 0) is 11.3 Å². The van der Waals surface area contributed by atoms with Crippen molar-refractivity contribution >= 4 is 17.6 Å². The van der Waals surface area contributed by atoms with Crippen LogP contribution in [0, 0.1) is 6.92 Å². The number of nitrogens with one attached hydrogen (secondary N) is 2. The number of nitrogens with two attached hydrogens (primary N) is 1. The van der Waals surface area contributed by atoms with Crippen LogP contribution in [0.1, 0.15) is 35.2 Å². The van der Waals surface area contributed by atoms with Gasteiger partial charge in [0.2, 0.25) is 5.91 Å². The Morgan fingerprint density at radius 3 is 2.89 bits per heavy atom. The number of nitrogens with zero attached hydrogens (tertiary/aromatic N) is 3. The van der Waals surface area contributed by atoms with E-state index in [0.717, 1.165) is 5.56 Å². The Morgan fingerprint density at radius 2 is 2.22 bits per heavy atom. The summed E-state index contributed by atoms with van der Waals surface area (Å²) < 4.78 is 5.09. The number of oxazole rings is 1. The second kappa shape index (κ2) is 8.17. The largest absolute Gasteiger partial charge is 0.448 e. The van der Waals surface area contributed by atoms with Crippen molar-refractivity contribution < 1.29 is 14.0 Å². The number of aromatic nitrogens is 2. The molecule has 1 fully saturated rings. The van der Waals surface area contributed by atoms with Crippen LogP contribution in [0.15, 0.2) is 29.1 Å². The summed E-state index contributed by atoms with van der Waals surface area (Å²) in [6, 6.07) is 3.17. The predicted octanol–water partition coefficient (Wildman–Crippen LogP) is 0.469. The van der Waals surface area contributed by atoms with Gasteiger partial charge >= 0.3 is 0 Å². The van der Waals surface area contributed by atoms with Crippen LogP contribution in [0.5, 0.6) is 0 Å². The highest BCUT2D eigenvalue weighted by molar-refractivity contribution is 5.93. The molecule has 9 heteroatoms. The smallest absolute Gasteiger partial charge is 0.273 e. The molecule has 144 valence electrons. The Labute approximate surface area is 157 Å². The van der Waals surface area contributed by atoms with E-state index in [1.54, 1.807) is 13.1 Å². The van der Waals surface area contributed by atoms with E-state index < -0.39 is 0 Å². The van der Waals surface area contributed by atoms with Crippen molar-refractivity contribution in [2.45, 2.75) is 38.9 Å². The molecule has 3 rings (SSSR count). The number of likely N-dealkylation sites (N-methyl/N-ethyl adjacent to an activating group) is 1. The molecule has 0 saturated carbocycles. The first-order valence-electron chi connectivity index (χ1n) is 8.91. The van der Waals surface area contributed by atoms with E-state index in [1.165, 1.54) is 6.39 Å². The zero-order valence-electron chi connectivity index (χ0n) is 15.4. The third-order valence-electron chi connectivity index (χ3n) is 4.65. The number of anilines is 1. The normalized spacial score (nSPS) is 19.8. The molecule has 0 bridgehead atoms. The average molecular weight is 372 g/mol. The zero-order valence-corrected chi connectivity index (χ0v) is 15.4. The van der Waals surface area contributed by atoms with Gasteiger partial charge in [0.25, 0.3) is 5.91 Å². The van der Waals surface area contributed by atoms with Crippen LogP contribution in [0.3, 0.4) is 0 Å². The van der Waals surface area contributed by atoms with Crippen molar-refractivity contribution in [2.75, 3.05) is 18.8 Å². The molecule has 0 unspecified atom stereocenters. The van der Waals surface area contributed by atoms with E-state index in [-0.39, 0.29) is 29.6 Å². The lowest BCUT2D eigenvalue weighted by atomic mass is 10.1. The SMILES string of the molecule is CCNC(=O)[C@@H]1C[C@H](NC(=O)c2ncoc2C)CN1Cc1cccnc1N. The van der Waals surface area contributed by atoms with Crippen LogP contribution in [0.2, 0.25) is 0 Å². The molecule has 27 heavy (non-hydrogen) atoms. The number of aryl methyl sites for hydroxylation is 1. The summed E-state index contributed by atoms with van der Waals surface area (Å²) in [6.45, 7) is 5.12. The maximum Gasteiger partial charge on any atom is 0.273 e. The van der Waals surface area contributed by atoms with Gasteiger partial charge in [0.1, 0.15) is 11.6 Å². The van der Waals surface area contributed by atoms with Gasteiger partial charge in [0, 0.05) is 37.4 Å². The first kappa shape index (κ1) is 18.8. The van der Waals surface area contributed by atoms with Crippen molar-refractivity contribution in [3.8, 4) is 0 Å². The van der Waals surface area contributed by atoms with Gasteiger partial charge in [-0.3, -0.25) is 14.5 Å². The van der Waals surface area contributed by atoms with E-state index in [9.17, 15) is 9.59 Å². The van der Waals surface area contributed by atoms with Gasteiger partial charge in [0.15, 0.2) is 12.1 Å². The predicted molar refractivity (Wildman–Crippen MR) is 98.6 cm³/mol. The third kappa shape index (κ3) is 4.25. The summed E-state index contributed by atoms with van der Waals surface area (Å²) in [5.41, 5.74) is 7.06. The number of hydrogen-bond donors (Lipinski definition) is 3. The topological polar surface area (TPSA) is 126 Å². The molecule has 0 spiro atoms. The molecule has 1 aliphatic heterocycles.